The maximum atomic E-state index is 5.63. The van der Waals surface area contributed by atoms with Crippen LogP contribution in [0.25, 0.3) is 0 Å². The first kappa shape index (κ1) is 18.9. The first-order chi connectivity index (χ1) is 12.8. The van der Waals surface area contributed by atoms with Crippen molar-refractivity contribution in [3.63, 3.8) is 0 Å². The summed E-state index contributed by atoms with van der Waals surface area (Å²) in [7, 11) is 1.87. The molecule has 1 aromatic heterocycles. The van der Waals surface area contributed by atoms with Crippen molar-refractivity contribution in [3.8, 4) is 0 Å². The van der Waals surface area contributed by atoms with Crippen molar-refractivity contribution in [1.29, 1.82) is 0 Å². The van der Waals surface area contributed by atoms with Gasteiger partial charge < -0.3 is 14.4 Å². The summed E-state index contributed by atoms with van der Waals surface area (Å²) in [5.41, 5.74) is 1.94. The largest absolute Gasteiger partial charge is 0.384 e. The highest BCUT2D eigenvalue weighted by Crippen LogP contribution is 2.45. The van der Waals surface area contributed by atoms with Crippen molar-refractivity contribution < 1.29 is 9.47 Å². The standard InChI is InChI=1S/C21H34N2O2S/c1-24-15-20-14-23(13-19-4-11-26-16-19)17-21(20)5-7-22(8-6-21)12-18-2-9-25-10-3-18/h4,11,16,18,20H,2-3,5-10,12-15,17H2,1H3/t20-/m0/s1. The van der Waals surface area contributed by atoms with Crippen LogP contribution in [-0.2, 0) is 16.0 Å². The van der Waals surface area contributed by atoms with Gasteiger partial charge in [0, 0.05) is 52.4 Å². The highest BCUT2D eigenvalue weighted by atomic mass is 32.1. The monoisotopic (exact) mass is 378 g/mol. The summed E-state index contributed by atoms with van der Waals surface area (Å²) in [4.78, 5) is 5.41. The van der Waals surface area contributed by atoms with Crippen molar-refractivity contribution in [2.24, 2.45) is 17.3 Å². The molecule has 4 heterocycles. The Hall–Kier alpha value is -0.460. The summed E-state index contributed by atoms with van der Waals surface area (Å²) in [6, 6.07) is 2.28. The zero-order valence-electron chi connectivity index (χ0n) is 16.2. The van der Waals surface area contributed by atoms with Crippen LogP contribution in [0.5, 0.6) is 0 Å². The van der Waals surface area contributed by atoms with E-state index in [-0.39, 0.29) is 0 Å². The lowest BCUT2D eigenvalue weighted by atomic mass is 9.71. The average Bonchev–Trinajstić information content (AvgIpc) is 3.28. The van der Waals surface area contributed by atoms with E-state index < -0.39 is 0 Å². The minimum Gasteiger partial charge on any atom is -0.384 e. The Kier molecular flexibility index (Phi) is 6.32. The van der Waals surface area contributed by atoms with Crippen LogP contribution in [0.2, 0.25) is 0 Å². The van der Waals surface area contributed by atoms with Crippen molar-refractivity contribution in [3.05, 3.63) is 22.4 Å². The molecule has 0 N–H and O–H groups in total. The number of nitrogens with zero attached hydrogens (tertiary/aromatic N) is 2. The Labute approximate surface area is 162 Å². The molecule has 1 spiro atoms. The maximum absolute atomic E-state index is 5.63. The summed E-state index contributed by atoms with van der Waals surface area (Å²) >= 11 is 1.81. The molecule has 1 aromatic rings. The first-order valence-corrected chi connectivity index (χ1v) is 11.2. The Bertz CT molecular complexity index is 536. The molecule has 0 aromatic carbocycles. The third-order valence-electron chi connectivity index (χ3n) is 6.95. The van der Waals surface area contributed by atoms with E-state index in [1.165, 1.54) is 64.0 Å². The molecule has 4 nitrogen and oxygen atoms in total. The number of hydrogen-bond acceptors (Lipinski definition) is 5. The van der Waals surface area contributed by atoms with E-state index in [1.54, 1.807) is 0 Å². The molecule has 1 atom stereocenters. The van der Waals surface area contributed by atoms with Crippen LogP contribution < -0.4 is 0 Å². The Morgan fingerprint density at radius 1 is 1.23 bits per heavy atom. The number of rotatable bonds is 6. The molecule has 0 aliphatic carbocycles. The topological polar surface area (TPSA) is 24.9 Å². The van der Waals surface area contributed by atoms with E-state index in [0.29, 0.717) is 11.3 Å². The summed E-state index contributed by atoms with van der Waals surface area (Å²) < 4.78 is 11.2. The second-order valence-electron chi connectivity index (χ2n) is 8.67. The third kappa shape index (κ3) is 4.33. The lowest BCUT2D eigenvalue weighted by molar-refractivity contribution is 0.0160. The molecule has 0 unspecified atom stereocenters. The molecular formula is C21H34N2O2S. The summed E-state index contributed by atoms with van der Waals surface area (Å²) in [6.07, 6.45) is 5.18. The van der Waals surface area contributed by atoms with Crippen LogP contribution in [0, 0.1) is 17.3 Å². The zero-order valence-corrected chi connectivity index (χ0v) is 17.0. The number of hydrogen-bond donors (Lipinski definition) is 0. The highest BCUT2D eigenvalue weighted by molar-refractivity contribution is 7.07. The lowest BCUT2D eigenvalue weighted by Crippen LogP contribution is -2.46. The van der Waals surface area contributed by atoms with Crippen LogP contribution in [-0.4, -0.2) is 69.5 Å². The fourth-order valence-electron chi connectivity index (χ4n) is 5.38. The van der Waals surface area contributed by atoms with Crippen molar-refractivity contribution in [2.75, 3.05) is 59.7 Å². The fraction of sp³-hybridized carbons (Fsp3) is 0.810. The number of methoxy groups -OCH3 is 1. The smallest absolute Gasteiger partial charge is 0.0508 e. The molecule has 0 radical (unpaired) electrons. The van der Waals surface area contributed by atoms with Gasteiger partial charge in [-0.25, -0.2) is 0 Å². The van der Waals surface area contributed by atoms with Crippen LogP contribution in [0.3, 0.4) is 0 Å². The van der Waals surface area contributed by atoms with E-state index in [2.05, 4.69) is 26.6 Å². The Morgan fingerprint density at radius 3 is 2.73 bits per heavy atom. The average molecular weight is 379 g/mol. The Morgan fingerprint density at radius 2 is 2.04 bits per heavy atom. The molecule has 0 saturated carbocycles. The highest BCUT2D eigenvalue weighted by Gasteiger charge is 2.47. The molecule has 3 aliphatic rings. The third-order valence-corrected chi connectivity index (χ3v) is 7.68. The van der Waals surface area contributed by atoms with Crippen molar-refractivity contribution in [1.82, 2.24) is 9.80 Å². The quantitative estimate of drug-likeness (QED) is 0.758. The second kappa shape index (κ2) is 8.70. The van der Waals surface area contributed by atoms with Gasteiger partial charge in [0.25, 0.3) is 0 Å². The molecule has 4 rings (SSSR count). The van der Waals surface area contributed by atoms with Gasteiger partial charge in [0.1, 0.15) is 0 Å². The number of likely N-dealkylation sites (tertiary alicyclic amines) is 2. The molecule has 26 heavy (non-hydrogen) atoms. The van der Waals surface area contributed by atoms with E-state index in [4.69, 9.17) is 9.47 Å². The van der Waals surface area contributed by atoms with Crippen LogP contribution >= 0.6 is 11.3 Å². The number of thiophene rings is 1. The van der Waals surface area contributed by atoms with Gasteiger partial charge in [-0.2, -0.15) is 11.3 Å². The molecule has 3 fully saturated rings. The second-order valence-corrected chi connectivity index (χ2v) is 9.45. The molecule has 0 bridgehead atoms. The van der Waals surface area contributed by atoms with Gasteiger partial charge in [0.05, 0.1) is 6.61 Å². The summed E-state index contributed by atoms with van der Waals surface area (Å²) in [5, 5.41) is 4.50. The predicted molar refractivity (Wildman–Crippen MR) is 107 cm³/mol. The number of ether oxygens (including phenoxy) is 2. The molecule has 5 heteroatoms. The van der Waals surface area contributed by atoms with E-state index in [9.17, 15) is 0 Å². The minimum atomic E-state index is 0.470. The number of piperidine rings is 1. The van der Waals surface area contributed by atoms with Crippen molar-refractivity contribution >= 4 is 11.3 Å². The van der Waals surface area contributed by atoms with Gasteiger partial charge in [-0.15, -0.1) is 0 Å². The lowest BCUT2D eigenvalue weighted by Gasteiger charge is -2.43. The molecular weight excluding hydrogens is 344 g/mol. The summed E-state index contributed by atoms with van der Waals surface area (Å²) in [5.74, 6) is 1.54. The van der Waals surface area contributed by atoms with Gasteiger partial charge in [0.15, 0.2) is 0 Å². The Balaban J connectivity index is 1.33. The molecule has 3 saturated heterocycles. The normalized spacial score (nSPS) is 28.1. The zero-order chi connectivity index (χ0) is 17.8. The van der Waals surface area contributed by atoms with Crippen LogP contribution in [0.15, 0.2) is 16.8 Å². The SMILES string of the molecule is COC[C@@H]1CN(Cc2ccsc2)CC12CCN(CC1CCOCC1)CC2. The van der Waals surface area contributed by atoms with E-state index in [0.717, 1.165) is 32.3 Å². The predicted octanol–water partition coefficient (Wildman–Crippen LogP) is 3.34. The summed E-state index contributed by atoms with van der Waals surface area (Å²) in [6.45, 7) is 10.2. The van der Waals surface area contributed by atoms with Gasteiger partial charge in [-0.3, -0.25) is 4.90 Å². The fourth-order valence-corrected chi connectivity index (χ4v) is 6.04. The molecule has 0 amide bonds. The van der Waals surface area contributed by atoms with Crippen LogP contribution in [0.4, 0.5) is 0 Å². The molecule has 146 valence electrons. The van der Waals surface area contributed by atoms with Gasteiger partial charge in [-0.1, -0.05) is 0 Å². The van der Waals surface area contributed by atoms with Gasteiger partial charge in [0.2, 0.25) is 0 Å². The van der Waals surface area contributed by atoms with E-state index in [1.807, 2.05) is 18.4 Å². The first-order valence-electron chi connectivity index (χ1n) is 10.3. The minimum absolute atomic E-state index is 0.470. The van der Waals surface area contributed by atoms with Gasteiger partial charge in [-0.05, 0) is 72.5 Å². The van der Waals surface area contributed by atoms with Crippen molar-refractivity contribution in [2.45, 2.75) is 32.2 Å². The maximum Gasteiger partial charge on any atom is 0.0508 e. The van der Waals surface area contributed by atoms with E-state index >= 15 is 0 Å². The van der Waals surface area contributed by atoms with Crippen LogP contribution in [0.1, 0.15) is 31.2 Å². The van der Waals surface area contributed by atoms with Gasteiger partial charge >= 0.3 is 0 Å². The molecule has 3 aliphatic heterocycles.